The quantitative estimate of drug-likeness (QED) is 0.758. The van der Waals surface area contributed by atoms with Crippen LogP contribution in [0.4, 0.5) is 0 Å². The van der Waals surface area contributed by atoms with Crippen LogP contribution in [0.3, 0.4) is 0 Å². The first-order valence-electron chi connectivity index (χ1n) is 7.48. The van der Waals surface area contributed by atoms with Gasteiger partial charge in [-0.1, -0.05) is 25.7 Å². The van der Waals surface area contributed by atoms with Crippen molar-refractivity contribution in [2.24, 2.45) is 5.41 Å². The maximum Gasteiger partial charge on any atom is 0.310 e. The lowest BCUT2D eigenvalue weighted by atomic mass is 9.77. The molecule has 0 radical (unpaired) electrons. The van der Waals surface area contributed by atoms with Gasteiger partial charge in [0.05, 0.1) is 18.6 Å². The predicted molar refractivity (Wildman–Crippen MR) is 72.9 cm³/mol. The van der Waals surface area contributed by atoms with E-state index in [1.807, 2.05) is 5.01 Å². The van der Waals surface area contributed by atoms with Crippen molar-refractivity contribution in [3.63, 3.8) is 0 Å². The number of carbonyl (C=O) groups excluding carboxylic acids is 1. The highest BCUT2D eigenvalue weighted by Crippen LogP contribution is 2.38. The van der Waals surface area contributed by atoms with Crippen molar-refractivity contribution in [3.8, 4) is 0 Å². The molecule has 2 fully saturated rings. The van der Waals surface area contributed by atoms with Crippen molar-refractivity contribution in [1.82, 2.24) is 10.4 Å². The average molecular weight is 284 g/mol. The van der Waals surface area contributed by atoms with E-state index in [-0.39, 0.29) is 12.3 Å². The Balaban J connectivity index is 1.92. The van der Waals surface area contributed by atoms with Crippen LogP contribution in [0.15, 0.2) is 0 Å². The monoisotopic (exact) mass is 284 g/mol. The second kappa shape index (κ2) is 7.04. The van der Waals surface area contributed by atoms with Gasteiger partial charge in [0.1, 0.15) is 0 Å². The topological polar surface area (TPSA) is 78.9 Å². The summed E-state index contributed by atoms with van der Waals surface area (Å²) in [6, 6.07) is 0. The second-order valence-electron chi connectivity index (χ2n) is 5.81. The molecule has 114 valence electrons. The number of rotatable bonds is 4. The third-order valence-corrected chi connectivity index (χ3v) is 4.31. The minimum atomic E-state index is -0.868. The Morgan fingerprint density at radius 2 is 1.70 bits per heavy atom. The van der Waals surface area contributed by atoms with Gasteiger partial charge in [0, 0.05) is 19.5 Å². The molecular formula is C14H24N2O4. The lowest BCUT2D eigenvalue weighted by molar-refractivity contribution is -0.154. The van der Waals surface area contributed by atoms with Crippen LogP contribution in [0.5, 0.6) is 0 Å². The largest absolute Gasteiger partial charge is 0.481 e. The van der Waals surface area contributed by atoms with Gasteiger partial charge in [0.2, 0.25) is 5.91 Å². The standard InChI is InChI=1S/C14H24N2O4/c17-12(15-16-7-9-20-10-8-16)11-14(13(18)19)5-3-1-2-4-6-14/h1-11H2,(H,15,17)(H,18,19). The Morgan fingerprint density at radius 3 is 2.25 bits per heavy atom. The molecule has 0 unspecified atom stereocenters. The zero-order chi connectivity index (χ0) is 14.4. The molecule has 2 N–H and O–H groups in total. The van der Waals surface area contributed by atoms with Crippen LogP contribution in [-0.2, 0) is 14.3 Å². The van der Waals surface area contributed by atoms with Crippen molar-refractivity contribution in [1.29, 1.82) is 0 Å². The molecule has 0 aromatic heterocycles. The first-order chi connectivity index (χ1) is 9.62. The van der Waals surface area contributed by atoms with E-state index in [9.17, 15) is 14.7 Å². The normalized spacial score (nSPS) is 23.8. The molecule has 2 aliphatic rings. The zero-order valence-corrected chi connectivity index (χ0v) is 11.9. The van der Waals surface area contributed by atoms with Crippen LogP contribution in [-0.4, -0.2) is 48.3 Å². The van der Waals surface area contributed by atoms with E-state index in [2.05, 4.69) is 5.43 Å². The van der Waals surface area contributed by atoms with Crippen LogP contribution >= 0.6 is 0 Å². The first-order valence-corrected chi connectivity index (χ1v) is 7.48. The number of hydrazine groups is 1. The Labute approximate surface area is 119 Å². The number of carboxylic acids is 1. The van der Waals surface area contributed by atoms with Gasteiger partial charge in [-0.05, 0) is 12.8 Å². The van der Waals surface area contributed by atoms with Crippen molar-refractivity contribution in [2.45, 2.75) is 44.9 Å². The number of ether oxygens (including phenoxy) is 1. The molecule has 0 atom stereocenters. The second-order valence-corrected chi connectivity index (χ2v) is 5.81. The van der Waals surface area contributed by atoms with E-state index in [0.717, 1.165) is 25.7 Å². The van der Waals surface area contributed by atoms with E-state index in [1.165, 1.54) is 0 Å². The highest BCUT2D eigenvalue weighted by Gasteiger charge is 2.40. The minimum absolute atomic E-state index is 0.0830. The number of carbonyl (C=O) groups is 2. The van der Waals surface area contributed by atoms with E-state index < -0.39 is 11.4 Å². The summed E-state index contributed by atoms with van der Waals surface area (Å²) in [5, 5.41) is 11.4. The number of hydrogen-bond donors (Lipinski definition) is 2. The van der Waals surface area contributed by atoms with Gasteiger partial charge >= 0.3 is 5.97 Å². The van der Waals surface area contributed by atoms with Gasteiger partial charge in [0.25, 0.3) is 0 Å². The Morgan fingerprint density at radius 1 is 1.10 bits per heavy atom. The molecule has 0 aromatic carbocycles. The van der Waals surface area contributed by atoms with Crippen LogP contribution in [0.25, 0.3) is 0 Å². The fourth-order valence-electron chi connectivity index (χ4n) is 3.07. The van der Waals surface area contributed by atoms with Gasteiger partial charge in [-0.3, -0.25) is 15.0 Å². The van der Waals surface area contributed by atoms with Crippen LogP contribution < -0.4 is 5.43 Å². The first kappa shape index (κ1) is 15.3. The van der Waals surface area contributed by atoms with E-state index >= 15 is 0 Å². The highest BCUT2D eigenvalue weighted by atomic mass is 16.5. The lowest BCUT2D eigenvalue weighted by Gasteiger charge is -2.31. The Kier molecular flexibility index (Phi) is 5.37. The molecule has 1 saturated heterocycles. The molecule has 1 aliphatic heterocycles. The number of aliphatic carboxylic acids is 1. The Bertz CT molecular complexity index is 345. The number of morpholine rings is 1. The number of nitrogens with zero attached hydrogens (tertiary/aromatic N) is 1. The zero-order valence-electron chi connectivity index (χ0n) is 11.9. The molecule has 20 heavy (non-hydrogen) atoms. The number of hydrogen-bond acceptors (Lipinski definition) is 4. The fourth-order valence-corrected chi connectivity index (χ4v) is 3.07. The number of carboxylic acid groups (broad SMARTS) is 1. The van der Waals surface area contributed by atoms with E-state index in [4.69, 9.17) is 4.74 Å². The van der Waals surface area contributed by atoms with E-state index in [0.29, 0.717) is 39.1 Å². The molecule has 1 amide bonds. The molecular weight excluding hydrogens is 260 g/mol. The SMILES string of the molecule is O=C(CC1(C(=O)O)CCCCCC1)NN1CCOCC1. The van der Waals surface area contributed by atoms with Gasteiger partial charge in [-0.15, -0.1) is 0 Å². The average Bonchev–Trinajstić information content (AvgIpc) is 2.66. The summed E-state index contributed by atoms with van der Waals surface area (Å²) < 4.78 is 5.22. The third-order valence-electron chi connectivity index (χ3n) is 4.31. The minimum Gasteiger partial charge on any atom is -0.481 e. The summed E-state index contributed by atoms with van der Waals surface area (Å²) in [6.07, 6.45) is 5.24. The van der Waals surface area contributed by atoms with Gasteiger partial charge < -0.3 is 9.84 Å². The van der Waals surface area contributed by atoms with Crippen molar-refractivity contribution in [3.05, 3.63) is 0 Å². The molecule has 0 spiro atoms. The van der Waals surface area contributed by atoms with Gasteiger partial charge in [0.15, 0.2) is 0 Å². The molecule has 0 bridgehead atoms. The van der Waals surface area contributed by atoms with Gasteiger partial charge in [-0.25, -0.2) is 5.01 Å². The molecule has 1 saturated carbocycles. The summed E-state index contributed by atoms with van der Waals surface area (Å²) in [7, 11) is 0. The molecule has 6 nitrogen and oxygen atoms in total. The summed E-state index contributed by atoms with van der Waals surface area (Å²) in [5.41, 5.74) is 1.95. The van der Waals surface area contributed by atoms with Crippen molar-refractivity contribution < 1.29 is 19.4 Å². The van der Waals surface area contributed by atoms with Gasteiger partial charge in [-0.2, -0.15) is 0 Å². The molecule has 1 aliphatic carbocycles. The molecule has 2 rings (SSSR count). The molecule has 0 aromatic rings. The summed E-state index contributed by atoms with van der Waals surface area (Å²) >= 11 is 0. The molecule has 1 heterocycles. The maximum absolute atomic E-state index is 12.1. The van der Waals surface area contributed by atoms with Crippen LogP contribution in [0.2, 0.25) is 0 Å². The fraction of sp³-hybridized carbons (Fsp3) is 0.857. The lowest BCUT2D eigenvalue weighted by Crippen LogP contribution is -2.50. The Hall–Kier alpha value is -1.14. The van der Waals surface area contributed by atoms with Crippen molar-refractivity contribution >= 4 is 11.9 Å². The summed E-state index contributed by atoms with van der Waals surface area (Å²) in [5.74, 6) is -1.01. The van der Waals surface area contributed by atoms with Crippen molar-refractivity contribution in [2.75, 3.05) is 26.3 Å². The van der Waals surface area contributed by atoms with E-state index in [1.54, 1.807) is 0 Å². The maximum atomic E-state index is 12.1. The number of amides is 1. The summed E-state index contributed by atoms with van der Waals surface area (Å²) in [4.78, 5) is 23.8. The third kappa shape index (κ3) is 3.93. The number of nitrogens with one attached hydrogen (secondary N) is 1. The van der Waals surface area contributed by atoms with Crippen LogP contribution in [0.1, 0.15) is 44.9 Å². The predicted octanol–water partition coefficient (Wildman–Crippen LogP) is 1.17. The highest BCUT2D eigenvalue weighted by molar-refractivity contribution is 5.84. The van der Waals surface area contributed by atoms with Crippen LogP contribution in [0, 0.1) is 5.41 Å². The molecule has 6 heteroatoms. The smallest absolute Gasteiger partial charge is 0.310 e. The summed E-state index contributed by atoms with van der Waals surface area (Å²) in [6.45, 7) is 2.52.